The number of hydrogen-bond acceptors (Lipinski definition) is 5. The zero-order valence-corrected chi connectivity index (χ0v) is 18.8. The van der Waals surface area contributed by atoms with Gasteiger partial charge in [0.2, 0.25) is 5.82 Å². The van der Waals surface area contributed by atoms with Crippen LogP contribution in [0.5, 0.6) is 0 Å². The molecule has 2 heterocycles. The first kappa shape index (κ1) is 22.0. The molecule has 0 radical (unpaired) electrons. The fourth-order valence-electron chi connectivity index (χ4n) is 4.46. The number of halogens is 1. The number of aromatic carboxylic acids is 1. The van der Waals surface area contributed by atoms with Gasteiger partial charge < -0.3 is 9.63 Å². The standard InChI is InChI=1S/C27H24FN3O3/c1-17-6-2-3-7-21(17)22-10-9-19(14-20(22)16-31-12-4-5-13-31)26-29-25(30-34-26)18-8-11-23(27(32)33)24(28)15-18/h2-3,6-11,14-15H,4-5,12-13,16H2,1H3,(H,32,33). The number of likely N-dealkylation sites (tertiary alicyclic amines) is 1. The molecule has 1 N–H and O–H groups in total. The van der Waals surface area contributed by atoms with Gasteiger partial charge >= 0.3 is 5.97 Å². The highest BCUT2D eigenvalue weighted by Crippen LogP contribution is 2.32. The highest BCUT2D eigenvalue weighted by Gasteiger charge is 2.19. The summed E-state index contributed by atoms with van der Waals surface area (Å²) in [6.07, 6.45) is 2.42. The molecule has 0 bridgehead atoms. The molecule has 172 valence electrons. The van der Waals surface area contributed by atoms with E-state index in [-0.39, 0.29) is 5.82 Å². The number of carbonyl (C=O) groups is 1. The Balaban J connectivity index is 1.51. The lowest BCUT2D eigenvalue weighted by Crippen LogP contribution is -2.19. The van der Waals surface area contributed by atoms with E-state index >= 15 is 0 Å². The van der Waals surface area contributed by atoms with E-state index in [2.05, 4.69) is 52.3 Å². The number of hydrogen-bond donors (Lipinski definition) is 1. The third-order valence-electron chi connectivity index (χ3n) is 6.26. The number of nitrogens with zero attached hydrogens (tertiary/aromatic N) is 3. The summed E-state index contributed by atoms with van der Waals surface area (Å²) in [5, 5.41) is 13.0. The van der Waals surface area contributed by atoms with Crippen molar-refractivity contribution < 1.29 is 18.8 Å². The largest absolute Gasteiger partial charge is 0.478 e. The average Bonchev–Trinajstić information content (AvgIpc) is 3.52. The van der Waals surface area contributed by atoms with Crippen LogP contribution in [0.25, 0.3) is 34.0 Å². The van der Waals surface area contributed by atoms with Crippen LogP contribution in [0, 0.1) is 12.7 Å². The second-order valence-electron chi connectivity index (χ2n) is 8.59. The maximum Gasteiger partial charge on any atom is 0.338 e. The van der Waals surface area contributed by atoms with Crippen molar-refractivity contribution in [2.24, 2.45) is 0 Å². The van der Waals surface area contributed by atoms with Gasteiger partial charge in [-0.25, -0.2) is 9.18 Å². The summed E-state index contributed by atoms with van der Waals surface area (Å²) in [7, 11) is 0. The minimum atomic E-state index is -1.32. The Hall–Kier alpha value is -3.84. The maximum atomic E-state index is 14.1. The molecule has 1 saturated heterocycles. The van der Waals surface area contributed by atoms with E-state index in [4.69, 9.17) is 9.63 Å². The minimum Gasteiger partial charge on any atom is -0.478 e. The molecule has 7 heteroatoms. The lowest BCUT2D eigenvalue weighted by atomic mass is 9.94. The van der Waals surface area contributed by atoms with Crippen molar-refractivity contribution in [3.63, 3.8) is 0 Å². The fraction of sp³-hybridized carbons (Fsp3) is 0.222. The van der Waals surface area contributed by atoms with Crippen molar-refractivity contribution in [1.82, 2.24) is 15.0 Å². The highest BCUT2D eigenvalue weighted by atomic mass is 19.1. The predicted octanol–water partition coefficient (Wildman–Crippen LogP) is 5.81. The SMILES string of the molecule is Cc1ccccc1-c1ccc(-c2nc(-c3ccc(C(=O)O)c(F)c3)no2)cc1CN1CCCC1. The second kappa shape index (κ2) is 9.19. The number of carboxylic acid groups (broad SMARTS) is 1. The Morgan fingerprint density at radius 3 is 2.53 bits per heavy atom. The van der Waals surface area contributed by atoms with Crippen LogP contribution < -0.4 is 0 Å². The van der Waals surface area contributed by atoms with Crippen molar-refractivity contribution in [3.8, 4) is 34.0 Å². The molecule has 34 heavy (non-hydrogen) atoms. The van der Waals surface area contributed by atoms with Crippen LogP contribution in [0.15, 0.2) is 65.2 Å². The number of aryl methyl sites for hydroxylation is 1. The van der Waals surface area contributed by atoms with Crippen LogP contribution in [0.4, 0.5) is 4.39 Å². The van der Waals surface area contributed by atoms with E-state index in [9.17, 15) is 9.18 Å². The van der Waals surface area contributed by atoms with Gasteiger partial charge in [0.1, 0.15) is 5.82 Å². The second-order valence-corrected chi connectivity index (χ2v) is 8.59. The van der Waals surface area contributed by atoms with Crippen molar-refractivity contribution >= 4 is 5.97 Å². The van der Waals surface area contributed by atoms with E-state index < -0.39 is 17.3 Å². The lowest BCUT2D eigenvalue weighted by Gasteiger charge is -2.19. The molecular formula is C27H24FN3O3. The van der Waals surface area contributed by atoms with Crippen LogP contribution in [-0.4, -0.2) is 39.2 Å². The summed E-state index contributed by atoms with van der Waals surface area (Å²) in [6.45, 7) is 5.11. The number of aromatic nitrogens is 2. The van der Waals surface area contributed by atoms with Gasteiger partial charge in [-0.2, -0.15) is 4.98 Å². The number of benzene rings is 3. The Bertz CT molecular complexity index is 1360. The Morgan fingerprint density at radius 1 is 1.03 bits per heavy atom. The quantitative estimate of drug-likeness (QED) is 0.393. The van der Waals surface area contributed by atoms with Gasteiger partial charge in [0.25, 0.3) is 5.89 Å². The van der Waals surface area contributed by atoms with Crippen LogP contribution in [0.3, 0.4) is 0 Å². The summed E-state index contributed by atoms with van der Waals surface area (Å²) in [6, 6.07) is 18.3. The molecule has 0 spiro atoms. The molecule has 1 aliphatic heterocycles. The van der Waals surface area contributed by atoms with Crippen molar-refractivity contribution in [1.29, 1.82) is 0 Å². The third-order valence-corrected chi connectivity index (χ3v) is 6.26. The van der Waals surface area contributed by atoms with E-state index in [0.717, 1.165) is 31.3 Å². The summed E-state index contributed by atoms with van der Waals surface area (Å²) in [5.74, 6) is -1.63. The zero-order chi connectivity index (χ0) is 23.7. The summed E-state index contributed by atoms with van der Waals surface area (Å²) in [4.78, 5) is 18.0. The summed E-state index contributed by atoms with van der Waals surface area (Å²) < 4.78 is 19.6. The Kier molecular flexibility index (Phi) is 5.94. The van der Waals surface area contributed by atoms with E-state index in [1.54, 1.807) is 0 Å². The van der Waals surface area contributed by atoms with Crippen molar-refractivity contribution in [2.75, 3.05) is 13.1 Å². The predicted molar refractivity (Wildman–Crippen MR) is 127 cm³/mol. The maximum absolute atomic E-state index is 14.1. The van der Waals surface area contributed by atoms with Crippen molar-refractivity contribution in [3.05, 3.63) is 83.2 Å². The summed E-state index contributed by atoms with van der Waals surface area (Å²) >= 11 is 0. The molecule has 3 aromatic carbocycles. The smallest absolute Gasteiger partial charge is 0.338 e. The van der Waals surface area contributed by atoms with Crippen LogP contribution in [0.2, 0.25) is 0 Å². The lowest BCUT2D eigenvalue weighted by molar-refractivity contribution is 0.0692. The molecule has 4 aromatic rings. The van der Waals surface area contributed by atoms with Gasteiger partial charge in [-0.1, -0.05) is 35.5 Å². The van der Waals surface area contributed by atoms with E-state index in [1.165, 1.54) is 47.2 Å². The topological polar surface area (TPSA) is 79.5 Å². The van der Waals surface area contributed by atoms with E-state index in [1.807, 2.05) is 12.1 Å². The molecule has 0 aliphatic carbocycles. The molecule has 0 saturated carbocycles. The normalized spacial score (nSPS) is 13.9. The van der Waals surface area contributed by atoms with Gasteiger partial charge in [-0.15, -0.1) is 0 Å². The molecule has 1 aliphatic rings. The highest BCUT2D eigenvalue weighted by molar-refractivity contribution is 5.88. The van der Waals surface area contributed by atoms with E-state index in [0.29, 0.717) is 11.5 Å². The average molecular weight is 458 g/mol. The first-order chi connectivity index (χ1) is 16.5. The Morgan fingerprint density at radius 2 is 1.79 bits per heavy atom. The molecule has 6 nitrogen and oxygen atoms in total. The van der Waals surface area contributed by atoms with Crippen LogP contribution in [-0.2, 0) is 6.54 Å². The first-order valence-corrected chi connectivity index (χ1v) is 11.3. The zero-order valence-electron chi connectivity index (χ0n) is 18.8. The minimum absolute atomic E-state index is 0.204. The molecule has 0 unspecified atom stereocenters. The molecule has 1 fully saturated rings. The van der Waals surface area contributed by atoms with Crippen LogP contribution in [0.1, 0.15) is 34.3 Å². The number of rotatable bonds is 6. The Labute approximate surface area is 196 Å². The van der Waals surface area contributed by atoms with Gasteiger partial charge in [-0.05, 0) is 85.4 Å². The molecule has 1 aromatic heterocycles. The summed E-state index contributed by atoms with van der Waals surface area (Å²) in [5.41, 5.74) is 5.52. The monoisotopic (exact) mass is 457 g/mol. The van der Waals surface area contributed by atoms with Gasteiger partial charge in [-0.3, -0.25) is 4.90 Å². The van der Waals surface area contributed by atoms with Crippen LogP contribution >= 0.6 is 0 Å². The van der Waals surface area contributed by atoms with Gasteiger partial charge in [0.05, 0.1) is 5.56 Å². The molecule has 5 rings (SSSR count). The third kappa shape index (κ3) is 4.34. The van der Waals surface area contributed by atoms with Gasteiger partial charge in [0, 0.05) is 17.7 Å². The molecule has 0 amide bonds. The number of carboxylic acids is 1. The van der Waals surface area contributed by atoms with Gasteiger partial charge in [0.15, 0.2) is 0 Å². The molecular weight excluding hydrogens is 433 g/mol. The molecule has 0 atom stereocenters. The van der Waals surface area contributed by atoms with Crippen molar-refractivity contribution in [2.45, 2.75) is 26.3 Å². The fourth-order valence-corrected chi connectivity index (χ4v) is 4.46. The first-order valence-electron chi connectivity index (χ1n) is 11.3.